The Hall–Kier alpha value is -2.30. The predicted molar refractivity (Wildman–Crippen MR) is 70.9 cm³/mol. The maximum absolute atomic E-state index is 11.7. The van der Waals surface area contributed by atoms with Gasteiger partial charge in [0.05, 0.1) is 0 Å². The van der Waals surface area contributed by atoms with Gasteiger partial charge < -0.3 is 15.6 Å². The maximum atomic E-state index is 11.7. The molecule has 3 N–H and O–H groups in total. The lowest BCUT2D eigenvalue weighted by molar-refractivity contribution is -0.123. The minimum atomic E-state index is -0.301. The van der Waals surface area contributed by atoms with Crippen LogP contribution in [-0.2, 0) is 4.79 Å². The molecule has 5 nitrogen and oxygen atoms in total. The Labute approximate surface area is 106 Å². The van der Waals surface area contributed by atoms with Gasteiger partial charge in [0.15, 0.2) is 0 Å². The van der Waals surface area contributed by atoms with Gasteiger partial charge in [0.1, 0.15) is 11.9 Å². The number of anilines is 1. The minimum Gasteiger partial charge on any atom is -0.399 e. The van der Waals surface area contributed by atoms with Crippen LogP contribution in [-0.4, -0.2) is 22.5 Å². The minimum absolute atomic E-state index is 0.0512. The highest BCUT2D eigenvalue weighted by Gasteiger charge is 2.17. The average Bonchev–Trinajstić information content (AvgIpc) is 2.87. The van der Waals surface area contributed by atoms with E-state index in [9.17, 15) is 4.79 Å². The van der Waals surface area contributed by atoms with Crippen LogP contribution in [0.15, 0.2) is 36.7 Å². The van der Waals surface area contributed by atoms with Crippen molar-refractivity contribution in [3.63, 3.8) is 0 Å². The lowest BCUT2D eigenvalue weighted by Gasteiger charge is -2.14. The molecule has 0 saturated carbocycles. The van der Waals surface area contributed by atoms with Crippen molar-refractivity contribution in [2.24, 2.45) is 0 Å². The monoisotopic (exact) mass is 244 g/mol. The smallest absolute Gasteiger partial charge is 0.242 e. The van der Waals surface area contributed by atoms with E-state index in [1.165, 1.54) is 0 Å². The topological polar surface area (TPSA) is 72.9 Å². The lowest BCUT2D eigenvalue weighted by Crippen LogP contribution is -2.27. The molecule has 1 heterocycles. The third kappa shape index (κ3) is 2.20. The molecule has 18 heavy (non-hydrogen) atoms. The van der Waals surface area contributed by atoms with Crippen molar-refractivity contribution in [3.8, 4) is 11.4 Å². The van der Waals surface area contributed by atoms with Gasteiger partial charge in [0.25, 0.3) is 0 Å². The van der Waals surface area contributed by atoms with Crippen LogP contribution in [0.2, 0.25) is 0 Å². The first kappa shape index (κ1) is 12.2. The molecule has 0 saturated heterocycles. The van der Waals surface area contributed by atoms with Crippen LogP contribution in [0.25, 0.3) is 11.4 Å². The van der Waals surface area contributed by atoms with E-state index in [1.807, 2.05) is 35.8 Å². The molecule has 0 spiro atoms. The van der Waals surface area contributed by atoms with Gasteiger partial charge in [0, 0.05) is 30.7 Å². The number of nitrogens with one attached hydrogen (secondary N) is 1. The van der Waals surface area contributed by atoms with Crippen LogP contribution in [0.4, 0.5) is 5.69 Å². The first-order valence-corrected chi connectivity index (χ1v) is 5.74. The Morgan fingerprint density at radius 1 is 1.39 bits per heavy atom. The summed E-state index contributed by atoms with van der Waals surface area (Å²) in [5.74, 6) is 0.704. The molecule has 1 atom stereocenters. The van der Waals surface area contributed by atoms with Crippen LogP contribution >= 0.6 is 0 Å². The van der Waals surface area contributed by atoms with E-state index in [-0.39, 0.29) is 11.9 Å². The molecule has 5 heteroatoms. The molecule has 2 aromatic rings. The normalized spacial score (nSPS) is 12.1. The molecular weight excluding hydrogens is 228 g/mol. The van der Waals surface area contributed by atoms with E-state index >= 15 is 0 Å². The van der Waals surface area contributed by atoms with E-state index in [2.05, 4.69) is 10.3 Å². The van der Waals surface area contributed by atoms with Crippen LogP contribution < -0.4 is 11.1 Å². The van der Waals surface area contributed by atoms with Gasteiger partial charge >= 0.3 is 0 Å². The van der Waals surface area contributed by atoms with Crippen LogP contribution in [0.1, 0.15) is 13.0 Å². The largest absolute Gasteiger partial charge is 0.399 e. The van der Waals surface area contributed by atoms with Crippen LogP contribution in [0.5, 0.6) is 0 Å². The number of amides is 1. The Balaban J connectivity index is 2.38. The molecule has 0 aliphatic rings. The Morgan fingerprint density at radius 2 is 2.06 bits per heavy atom. The second kappa shape index (κ2) is 4.91. The van der Waals surface area contributed by atoms with Gasteiger partial charge in [-0.15, -0.1) is 0 Å². The molecule has 0 bridgehead atoms. The number of benzene rings is 1. The molecule has 1 aromatic carbocycles. The number of nitrogens with two attached hydrogens (primary N) is 1. The molecule has 1 amide bonds. The standard InChI is InChI=1S/C13H16N4O/c1-9(13(18)15-2)17-8-7-16-12(17)10-3-5-11(14)6-4-10/h3-9H,14H2,1-2H3,(H,15,18). The summed E-state index contributed by atoms with van der Waals surface area (Å²) in [6.45, 7) is 1.83. The highest BCUT2D eigenvalue weighted by molar-refractivity contribution is 5.80. The number of rotatable bonds is 3. The molecule has 0 aliphatic carbocycles. The number of carbonyl (C=O) groups excluding carboxylic acids is 1. The zero-order valence-electron chi connectivity index (χ0n) is 10.4. The van der Waals surface area contributed by atoms with Crippen molar-refractivity contribution in [2.75, 3.05) is 12.8 Å². The number of imidazole rings is 1. The molecule has 2 rings (SSSR count). The van der Waals surface area contributed by atoms with Crippen LogP contribution in [0.3, 0.4) is 0 Å². The number of hydrogen-bond acceptors (Lipinski definition) is 3. The molecule has 0 fully saturated rings. The number of nitrogen functional groups attached to an aromatic ring is 1. The van der Waals surface area contributed by atoms with Crippen molar-refractivity contribution in [1.82, 2.24) is 14.9 Å². The Bertz CT molecular complexity index is 544. The highest BCUT2D eigenvalue weighted by Crippen LogP contribution is 2.22. The number of nitrogens with zero attached hydrogens (tertiary/aromatic N) is 2. The van der Waals surface area contributed by atoms with E-state index in [0.29, 0.717) is 5.69 Å². The maximum Gasteiger partial charge on any atom is 0.242 e. The van der Waals surface area contributed by atoms with Crippen molar-refractivity contribution >= 4 is 11.6 Å². The number of hydrogen-bond donors (Lipinski definition) is 2. The molecule has 0 radical (unpaired) electrons. The summed E-state index contributed by atoms with van der Waals surface area (Å²) in [5.41, 5.74) is 7.30. The van der Waals surface area contributed by atoms with E-state index in [1.54, 1.807) is 19.4 Å². The zero-order chi connectivity index (χ0) is 13.1. The third-order valence-electron chi connectivity index (χ3n) is 2.88. The molecule has 1 unspecified atom stereocenters. The van der Waals surface area contributed by atoms with Crippen LogP contribution in [0, 0.1) is 0 Å². The fourth-order valence-corrected chi connectivity index (χ4v) is 1.82. The fourth-order valence-electron chi connectivity index (χ4n) is 1.82. The molecular formula is C13H16N4O. The van der Waals surface area contributed by atoms with Crippen molar-refractivity contribution < 1.29 is 4.79 Å². The van der Waals surface area contributed by atoms with Crippen molar-refractivity contribution in [3.05, 3.63) is 36.7 Å². The first-order chi connectivity index (χ1) is 8.63. The van der Waals surface area contributed by atoms with Gasteiger partial charge in [-0.25, -0.2) is 4.98 Å². The lowest BCUT2D eigenvalue weighted by atomic mass is 10.2. The first-order valence-electron chi connectivity index (χ1n) is 5.74. The van der Waals surface area contributed by atoms with E-state index in [4.69, 9.17) is 5.73 Å². The molecule has 1 aromatic heterocycles. The number of likely N-dealkylation sites (N-methyl/N-ethyl adjacent to an activating group) is 1. The fraction of sp³-hybridized carbons (Fsp3) is 0.231. The summed E-state index contributed by atoms with van der Waals surface area (Å²) in [5, 5.41) is 2.63. The van der Waals surface area contributed by atoms with Gasteiger partial charge in [-0.3, -0.25) is 4.79 Å². The van der Waals surface area contributed by atoms with Crippen molar-refractivity contribution in [1.29, 1.82) is 0 Å². The van der Waals surface area contributed by atoms with Gasteiger partial charge in [-0.1, -0.05) is 0 Å². The SMILES string of the molecule is CNC(=O)C(C)n1ccnc1-c1ccc(N)cc1. The second-order valence-corrected chi connectivity index (χ2v) is 4.07. The quantitative estimate of drug-likeness (QED) is 0.802. The zero-order valence-corrected chi connectivity index (χ0v) is 10.4. The summed E-state index contributed by atoms with van der Waals surface area (Å²) >= 11 is 0. The Kier molecular flexibility index (Phi) is 3.32. The number of aromatic nitrogens is 2. The number of carbonyl (C=O) groups is 1. The van der Waals surface area contributed by atoms with Gasteiger partial charge in [0.2, 0.25) is 5.91 Å². The highest BCUT2D eigenvalue weighted by atomic mass is 16.2. The van der Waals surface area contributed by atoms with Crippen molar-refractivity contribution in [2.45, 2.75) is 13.0 Å². The van der Waals surface area contributed by atoms with E-state index < -0.39 is 0 Å². The summed E-state index contributed by atoms with van der Waals surface area (Å²) < 4.78 is 1.84. The summed E-state index contributed by atoms with van der Waals surface area (Å²) in [6.07, 6.45) is 3.48. The van der Waals surface area contributed by atoms with E-state index in [0.717, 1.165) is 11.4 Å². The summed E-state index contributed by atoms with van der Waals surface area (Å²) in [6, 6.07) is 7.12. The predicted octanol–water partition coefficient (Wildman–Crippen LogP) is 1.44. The molecule has 94 valence electrons. The summed E-state index contributed by atoms with van der Waals surface area (Å²) in [4.78, 5) is 16.0. The molecule has 0 aliphatic heterocycles. The second-order valence-electron chi connectivity index (χ2n) is 4.07. The van der Waals surface area contributed by atoms with Gasteiger partial charge in [-0.05, 0) is 31.2 Å². The summed E-state index contributed by atoms with van der Waals surface area (Å²) in [7, 11) is 1.62. The third-order valence-corrected chi connectivity index (χ3v) is 2.88. The van der Waals surface area contributed by atoms with Gasteiger partial charge in [-0.2, -0.15) is 0 Å². The average molecular weight is 244 g/mol. The Morgan fingerprint density at radius 3 is 2.67 bits per heavy atom.